The Labute approximate surface area is 98.2 Å². The number of carbonyl (C=O) groups excluding carboxylic acids is 1. The van der Waals surface area contributed by atoms with Gasteiger partial charge in [0.2, 0.25) is 0 Å². The van der Waals surface area contributed by atoms with Gasteiger partial charge in [0.05, 0.1) is 0 Å². The fraction of sp³-hybridized carbons (Fsp3) is 0.400. The molecule has 0 spiro atoms. The lowest BCUT2D eigenvalue weighted by molar-refractivity contribution is -0.118. The van der Waals surface area contributed by atoms with E-state index in [2.05, 4.69) is 25.1 Å². The van der Waals surface area contributed by atoms with E-state index in [9.17, 15) is 4.79 Å². The van der Waals surface area contributed by atoms with Crippen LogP contribution < -0.4 is 0 Å². The molecule has 86 valence electrons. The van der Waals surface area contributed by atoms with Crippen LogP contribution >= 0.6 is 0 Å². The van der Waals surface area contributed by atoms with Crippen molar-refractivity contribution in [2.24, 2.45) is 0 Å². The summed E-state index contributed by atoms with van der Waals surface area (Å²) >= 11 is 0. The summed E-state index contributed by atoms with van der Waals surface area (Å²) in [6.45, 7) is 4.05. The highest BCUT2D eigenvalue weighted by Crippen LogP contribution is 2.20. The lowest BCUT2D eigenvalue weighted by Crippen LogP contribution is -1.96. The monoisotopic (exact) mass is 216 g/mol. The molecule has 1 rings (SSSR count). The lowest BCUT2D eigenvalue weighted by Gasteiger charge is -2.06. The molecule has 0 unspecified atom stereocenters. The Kier molecular flexibility index (Phi) is 5.55. The van der Waals surface area contributed by atoms with Gasteiger partial charge in [-0.2, -0.15) is 0 Å². The van der Waals surface area contributed by atoms with Crippen LogP contribution in [0.1, 0.15) is 45.1 Å². The minimum absolute atomic E-state index is 0.345. The zero-order valence-electron chi connectivity index (χ0n) is 10.2. The highest BCUT2D eigenvalue weighted by Gasteiger charge is 2.04. The van der Waals surface area contributed by atoms with E-state index in [4.69, 9.17) is 0 Å². The standard InChI is InChI=1S/C15H20O/c1-3-8-13(11-12-15(16)4-2)14-9-6-5-7-10-14/h5-10H,3-4,11-12H2,1-2H3/b13-8-. The van der Waals surface area contributed by atoms with Gasteiger partial charge in [0.1, 0.15) is 5.78 Å². The molecular weight excluding hydrogens is 196 g/mol. The number of carbonyl (C=O) groups is 1. The Morgan fingerprint density at radius 3 is 2.38 bits per heavy atom. The zero-order valence-corrected chi connectivity index (χ0v) is 10.2. The van der Waals surface area contributed by atoms with E-state index in [1.165, 1.54) is 11.1 Å². The summed E-state index contributed by atoms with van der Waals surface area (Å²) in [5, 5.41) is 0. The van der Waals surface area contributed by atoms with Crippen molar-refractivity contribution in [3.8, 4) is 0 Å². The maximum absolute atomic E-state index is 11.3. The molecule has 1 heteroatoms. The SMILES string of the molecule is CC/C=C(/CCC(=O)CC)c1ccccc1. The molecule has 0 saturated carbocycles. The Bertz CT molecular complexity index is 349. The van der Waals surface area contributed by atoms with E-state index < -0.39 is 0 Å². The van der Waals surface area contributed by atoms with Crippen LogP contribution in [0, 0.1) is 0 Å². The molecule has 0 atom stereocenters. The van der Waals surface area contributed by atoms with Gasteiger partial charge in [-0.3, -0.25) is 4.79 Å². The van der Waals surface area contributed by atoms with Crippen molar-refractivity contribution in [2.45, 2.75) is 39.5 Å². The zero-order chi connectivity index (χ0) is 11.8. The Morgan fingerprint density at radius 1 is 1.12 bits per heavy atom. The number of hydrogen-bond donors (Lipinski definition) is 0. The quantitative estimate of drug-likeness (QED) is 0.695. The molecule has 0 aromatic heterocycles. The first kappa shape index (κ1) is 12.7. The molecule has 0 aliphatic carbocycles. The molecule has 0 aliphatic heterocycles. The third-order valence-electron chi connectivity index (χ3n) is 2.66. The van der Waals surface area contributed by atoms with Crippen molar-refractivity contribution in [3.05, 3.63) is 42.0 Å². The Balaban J connectivity index is 2.70. The number of hydrogen-bond acceptors (Lipinski definition) is 1. The van der Waals surface area contributed by atoms with E-state index in [1.54, 1.807) is 0 Å². The fourth-order valence-corrected chi connectivity index (χ4v) is 1.71. The van der Waals surface area contributed by atoms with Crippen molar-refractivity contribution < 1.29 is 4.79 Å². The minimum Gasteiger partial charge on any atom is -0.300 e. The van der Waals surface area contributed by atoms with E-state index in [0.29, 0.717) is 18.6 Å². The van der Waals surface area contributed by atoms with Crippen LogP contribution in [-0.2, 0) is 4.79 Å². The largest absolute Gasteiger partial charge is 0.300 e. The third kappa shape index (κ3) is 4.01. The van der Waals surface area contributed by atoms with Gasteiger partial charge in [-0.1, -0.05) is 50.3 Å². The molecular formula is C15H20O. The summed E-state index contributed by atoms with van der Waals surface area (Å²) in [7, 11) is 0. The summed E-state index contributed by atoms with van der Waals surface area (Å²) in [5.74, 6) is 0.345. The molecule has 1 aromatic carbocycles. The second-order valence-corrected chi connectivity index (χ2v) is 3.90. The number of allylic oxidation sites excluding steroid dienone is 2. The highest BCUT2D eigenvalue weighted by molar-refractivity contribution is 5.80. The molecule has 0 fully saturated rings. The van der Waals surface area contributed by atoms with Crippen LogP contribution in [0.25, 0.3) is 5.57 Å². The molecule has 1 nitrogen and oxygen atoms in total. The van der Waals surface area contributed by atoms with Crippen molar-refractivity contribution >= 4 is 11.4 Å². The van der Waals surface area contributed by atoms with Gasteiger partial charge in [0.25, 0.3) is 0 Å². The Hall–Kier alpha value is -1.37. The van der Waals surface area contributed by atoms with Gasteiger partial charge < -0.3 is 0 Å². The first-order valence-corrected chi connectivity index (χ1v) is 6.04. The smallest absolute Gasteiger partial charge is 0.132 e. The topological polar surface area (TPSA) is 17.1 Å². The van der Waals surface area contributed by atoms with E-state index >= 15 is 0 Å². The second kappa shape index (κ2) is 7.00. The summed E-state index contributed by atoms with van der Waals surface area (Å²) in [5.41, 5.74) is 2.54. The van der Waals surface area contributed by atoms with Gasteiger partial charge in [0, 0.05) is 12.8 Å². The summed E-state index contributed by atoms with van der Waals surface area (Å²) in [6.07, 6.45) is 5.42. The normalized spacial score (nSPS) is 11.5. The van der Waals surface area contributed by atoms with Crippen LogP contribution in [0.15, 0.2) is 36.4 Å². The summed E-state index contributed by atoms with van der Waals surface area (Å²) in [4.78, 5) is 11.3. The van der Waals surface area contributed by atoms with Crippen molar-refractivity contribution in [2.75, 3.05) is 0 Å². The first-order valence-electron chi connectivity index (χ1n) is 6.04. The Morgan fingerprint density at radius 2 is 1.81 bits per heavy atom. The molecule has 16 heavy (non-hydrogen) atoms. The van der Waals surface area contributed by atoms with Crippen molar-refractivity contribution in [1.82, 2.24) is 0 Å². The molecule has 0 amide bonds. The van der Waals surface area contributed by atoms with Gasteiger partial charge >= 0.3 is 0 Å². The number of benzene rings is 1. The van der Waals surface area contributed by atoms with Crippen LogP contribution in [0.3, 0.4) is 0 Å². The minimum atomic E-state index is 0.345. The van der Waals surface area contributed by atoms with Crippen molar-refractivity contribution in [1.29, 1.82) is 0 Å². The van der Waals surface area contributed by atoms with Crippen LogP contribution in [0.2, 0.25) is 0 Å². The number of ketones is 1. The first-order chi connectivity index (χ1) is 7.77. The van der Waals surface area contributed by atoms with Crippen LogP contribution in [0.4, 0.5) is 0 Å². The van der Waals surface area contributed by atoms with Crippen LogP contribution in [0.5, 0.6) is 0 Å². The number of rotatable bonds is 6. The molecule has 1 aromatic rings. The number of Topliss-reactive ketones (excluding diaryl/α,β-unsaturated/α-hetero) is 1. The third-order valence-corrected chi connectivity index (χ3v) is 2.66. The van der Waals surface area contributed by atoms with Gasteiger partial charge in [0.15, 0.2) is 0 Å². The summed E-state index contributed by atoms with van der Waals surface area (Å²) in [6, 6.07) is 10.3. The maximum atomic E-state index is 11.3. The fourth-order valence-electron chi connectivity index (χ4n) is 1.71. The molecule has 0 bridgehead atoms. The molecule has 0 N–H and O–H groups in total. The average molecular weight is 216 g/mol. The predicted molar refractivity (Wildman–Crippen MR) is 69.2 cm³/mol. The predicted octanol–water partition coefficient (Wildman–Crippen LogP) is 4.24. The highest BCUT2D eigenvalue weighted by atomic mass is 16.1. The summed E-state index contributed by atoms with van der Waals surface area (Å²) < 4.78 is 0. The van der Waals surface area contributed by atoms with Crippen LogP contribution in [-0.4, -0.2) is 5.78 Å². The molecule has 0 heterocycles. The van der Waals surface area contributed by atoms with E-state index in [0.717, 1.165) is 12.8 Å². The second-order valence-electron chi connectivity index (χ2n) is 3.90. The molecule has 0 aliphatic rings. The maximum Gasteiger partial charge on any atom is 0.132 e. The van der Waals surface area contributed by atoms with Gasteiger partial charge in [-0.25, -0.2) is 0 Å². The lowest BCUT2D eigenvalue weighted by atomic mass is 9.98. The van der Waals surface area contributed by atoms with E-state index in [-0.39, 0.29) is 0 Å². The molecule has 0 radical (unpaired) electrons. The van der Waals surface area contributed by atoms with Crippen molar-refractivity contribution in [3.63, 3.8) is 0 Å². The van der Waals surface area contributed by atoms with E-state index in [1.807, 2.05) is 25.1 Å². The van der Waals surface area contributed by atoms with Gasteiger partial charge in [-0.15, -0.1) is 0 Å². The van der Waals surface area contributed by atoms with Gasteiger partial charge in [-0.05, 0) is 24.0 Å². The molecule has 0 saturated heterocycles. The average Bonchev–Trinajstić information content (AvgIpc) is 2.35.